The molecule has 3 aliphatic rings. The maximum atomic E-state index is 13.4. The van der Waals surface area contributed by atoms with E-state index in [1.54, 1.807) is 4.90 Å². The van der Waals surface area contributed by atoms with E-state index in [0.29, 0.717) is 31.5 Å². The van der Waals surface area contributed by atoms with E-state index in [2.05, 4.69) is 30.1 Å². The first-order chi connectivity index (χ1) is 15.4. The van der Waals surface area contributed by atoms with Crippen molar-refractivity contribution in [3.63, 3.8) is 0 Å². The maximum Gasteiger partial charge on any atom is 0.255 e. The van der Waals surface area contributed by atoms with Crippen LogP contribution in [0.25, 0.3) is 0 Å². The molecule has 32 heavy (non-hydrogen) atoms. The molecular formula is C25H36N4O3. The standard InChI is InChI=1S/C25H36N4O3/c1-16-7-8-20(13-17(16)2)28(12-4-11-26)14-18-5-3-6-19-15-29(25(32)23(18)19)21-9-10-22(30)27-24(21)31/h3,5-6,16-17,20-21H,4,7-15,26H2,1-2H3,(H,27,30,31). The molecule has 0 radical (unpaired) electrons. The zero-order valence-corrected chi connectivity index (χ0v) is 19.3. The van der Waals surface area contributed by atoms with Crippen LogP contribution in [0.15, 0.2) is 18.2 Å². The molecule has 4 unspecified atom stereocenters. The number of fused-ring (bicyclic) bond motifs is 1. The smallest absolute Gasteiger partial charge is 0.255 e. The highest BCUT2D eigenvalue weighted by atomic mass is 16.2. The van der Waals surface area contributed by atoms with Crippen molar-refractivity contribution in [2.24, 2.45) is 17.6 Å². The molecule has 2 aliphatic heterocycles. The first-order valence-electron chi connectivity index (χ1n) is 12.1. The van der Waals surface area contributed by atoms with Crippen molar-refractivity contribution in [2.45, 2.75) is 77.5 Å². The molecule has 1 aromatic carbocycles. The summed E-state index contributed by atoms with van der Waals surface area (Å²) in [5.41, 5.74) is 8.59. The summed E-state index contributed by atoms with van der Waals surface area (Å²) >= 11 is 0. The van der Waals surface area contributed by atoms with Crippen LogP contribution >= 0.6 is 0 Å². The van der Waals surface area contributed by atoms with Gasteiger partial charge in [0.15, 0.2) is 0 Å². The first kappa shape index (κ1) is 22.9. The normalized spacial score (nSPS) is 28.2. The monoisotopic (exact) mass is 440 g/mol. The summed E-state index contributed by atoms with van der Waals surface area (Å²) in [6, 6.07) is 5.98. The average Bonchev–Trinajstić information content (AvgIpc) is 3.10. The lowest BCUT2D eigenvalue weighted by Gasteiger charge is -2.39. The van der Waals surface area contributed by atoms with Crippen molar-refractivity contribution < 1.29 is 14.4 Å². The lowest BCUT2D eigenvalue weighted by molar-refractivity contribution is -0.136. The molecule has 1 saturated heterocycles. The summed E-state index contributed by atoms with van der Waals surface area (Å²) in [4.78, 5) is 41.5. The van der Waals surface area contributed by atoms with Gasteiger partial charge < -0.3 is 10.6 Å². The van der Waals surface area contributed by atoms with Crippen molar-refractivity contribution in [3.05, 3.63) is 34.9 Å². The lowest BCUT2D eigenvalue weighted by Crippen LogP contribution is -2.52. The zero-order chi connectivity index (χ0) is 22.8. The molecule has 4 atom stereocenters. The van der Waals surface area contributed by atoms with E-state index in [4.69, 9.17) is 5.73 Å². The number of rotatable bonds is 7. The van der Waals surface area contributed by atoms with E-state index in [9.17, 15) is 14.4 Å². The van der Waals surface area contributed by atoms with Crippen LogP contribution in [0, 0.1) is 11.8 Å². The minimum atomic E-state index is -0.575. The topological polar surface area (TPSA) is 95.7 Å². The molecule has 1 aromatic rings. The van der Waals surface area contributed by atoms with Gasteiger partial charge >= 0.3 is 0 Å². The Morgan fingerprint density at radius 2 is 1.94 bits per heavy atom. The Morgan fingerprint density at radius 3 is 2.66 bits per heavy atom. The zero-order valence-electron chi connectivity index (χ0n) is 19.3. The van der Waals surface area contributed by atoms with Gasteiger partial charge in [0.05, 0.1) is 0 Å². The van der Waals surface area contributed by atoms with E-state index in [1.807, 2.05) is 12.1 Å². The van der Waals surface area contributed by atoms with E-state index in [-0.39, 0.29) is 24.1 Å². The molecule has 7 heteroatoms. The summed E-state index contributed by atoms with van der Waals surface area (Å²) < 4.78 is 0. The number of piperidine rings is 1. The molecule has 174 valence electrons. The van der Waals surface area contributed by atoms with Gasteiger partial charge in [0.2, 0.25) is 11.8 Å². The van der Waals surface area contributed by atoms with Gasteiger partial charge in [-0.1, -0.05) is 32.0 Å². The molecule has 0 bridgehead atoms. The number of carbonyl (C=O) groups is 3. The van der Waals surface area contributed by atoms with Crippen molar-refractivity contribution in [3.8, 4) is 0 Å². The second-order valence-corrected chi connectivity index (χ2v) is 9.89. The number of benzene rings is 1. The van der Waals surface area contributed by atoms with E-state index < -0.39 is 6.04 Å². The summed E-state index contributed by atoms with van der Waals surface area (Å²) in [7, 11) is 0. The summed E-state index contributed by atoms with van der Waals surface area (Å²) in [6.07, 6.45) is 5.19. The summed E-state index contributed by atoms with van der Waals surface area (Å²) in [5, 5.41) is 2.38. The molecule has 0 spiro atoms. The van der Waals surface area contributed by atoms with Crippen molar-refractivity contribution in [1.82, 2.24) is 15.1 Å². The van der Waals surface area contributed by atoms with Gasteiger partial charge in [-0.2, -0.15) is 0 Å². The average molecular weight is 441 g/mol. The Bertz CT molecular complexity index is 886. The number of nitrogens with one attached hydrogen (secondary N) is 1. The molecule has 3 amide bonds. The van der Waals surface area contributed by atoms with Crippen LogP contribution < -0.4 is 11.1 Å². The minimum absolute atomic E-state index is 0.0884. The van der Waals surface area contributed by atoms with Crippen molar-refractivity contribution in [2.75, 3.05) is 13.1 Å². The Morgan fingerprint density at radius 1 is 1.12 bits per heavy atom. The lowest BCUT2D eigenvalue weighted by atomic mass is 9.78. The third-order valence-corrected chi connectivity index (χ3v) is 7.75. The van der Waals surface area contributed by atoms with Gasteiger partial charge in [0, 0.05) is 31.1 Å². The van der Waals surface area contributed by atoms with Gasteiger partial charge in [0.1, 0.15) is 6.04 Å². The number of hydrogen-bond donors (Lipinski definition) is 2. The first-order valence-corrected chi connectivity index (χ1v) is 12.1. The minimum Gasteiger partial charge on any atom is -0.330 e. The van der Waals surface area contributed by atoms with Gasteiger partial charge in [-0.05, 0) is 68.2 Å². The predicted molar refractivity (Wildman–Crippen MR) is 123 cm³/mol. The molecule has 7 nitrogen and oxygen atoms in total. The van der Waals surface area contributed by atoms with Crippen LogP contribution in [-0.2, 0) is 22.7 Å². The van der Waals surface area contributed by atoms with Crippen LogP contribution in [0.2, 0.25) is 0 Å². The molecule has 4 rings (SSSR count). The number of carbonyl (C=O) groups excluding carboxylic acids is 3. The van der Waals surface area contributed by atoms with Gasteiger partial charge in [-0.3, -0.25) is 24.6 Å². The Kier molecular flexibility index (Phi) is 6.96. The molecule has 1 saturated carbocycles. The second kappa shape index (κ2) is 9.71. The highest BCUT2D eigenvalue weighted by molar-refractivity contribution is 6.05. The largest absolute Gasteiger partial charge is 0.330 e. The number of nitrogens with two attached hydrogens (primary N) is 1. The summed E-state index contributed by atoms with van der Waals surface area (Å²) in [5.74, 6) is 0.739. The van der Waals surface area contributed by atoms with Crippen molar-refractivity contribution >= 4 is 17.7 Å². The van der Waals surface area contributed by atoms with E-state index in [0.717, 1.165) is 42.1 Å². The quantitative estimate of drug-likeness (QED) is 0.635. The van der Waals surface area contributed by atoms with Gasteiger partial charge in [-0.15, -0.1) is 0 Å². The van der Waals surface area contributed by atoms with E-state index >= 15 is 0 Å². The SMILES string of the molecule is CC1CCC(N(CCCN)Cc2cccc3c2C(=O)N(C2CCC(=O)NC2=O)C3)CC1C. The van der Waals surface area contributed by atoms with Crippen LogP contribution in [0.5, 0.6) is 0 Å². The number of nitrogens with zero attached hydrogens (tertiary/aromatic N) is 2. The fourth-order valence-corrected chi connectivity index (χ4v) is 5.58. The maximum absolute atomic E-state index is 13.4. The molecule has 2 heterocycles. The molecule has 1 aliphatic carbocycles. The number of hydrogen-bond acceptors (Lipinski definition) is 5. The fourth-order valence-electron chi connectivity index (χ4n) is 5.58. The van der Waals surface area contributed by atoms with Crippen molar-refractivity contribution in [1.29, 1.82) is 0 Å². The highest BCUT2D eigenvalue weighted by Gasteiger charge is 2.40. The Labute approximate surface area is 190 Å². The fraction of sp³-hybridized carbons (Fsp3) is 0.640. The van der Waals surface area contributed by atoms with E-state index in [1.165, 1.54) is 19.3 Å². The molecule has 2 fully saturated rings. The predicted octanol–water partition coefficient (Wildman–Crippen LogP) is 2.42. The Balaban J connectivity index is 1.54. The van der Waals surface area contributed by atoms with Crippen LogP contribution in [0.1, 0.15) is 73.9 Å². The van der Waals surface area contributed by atoms with Crippen LogP contribution in [0.4, 0.5) is 0 Å². The second-order valence-electron chi connectivity index (χ2n) is 9.89. The van der Waals surface area contributed by atoms with Crippen LogP contribution in [-0.4, -0.2) is 52.7 Å². The highest BCUT2D eigenvalue weighted by Crippen LogP contribution is 2.35. The number of imide groups is 1. The van der Waals surface area contributed by atoms with Gasteiger partial charge in [-0.25, -0.2) is 0 Å². The number of amides is 3. The third kappa shape index (κ3) is 4.59. The summed E-state index contributed by atoms with van der Waals surface area (Å²) in [6.45, 7) is 7.43. The molecule has 0 aromatic heterocycles. The molecule has 3 N–H and O–H groups in total. The third-order valence-electron chi connectivity index (χ3n) is 7.75. The Hall–Kier alpha value is -2.25. The van der Waals surface area contributed by atoms with Gasteiger partial charge in [0.25, 0.3) is 5.91 Å². The van der Waals surface area contributed by atoms with Crippen LogP contribution in [0.3, 0.4) is 0 Å². The molecular weight excluding hydrogens is 404 g/mol.